The first kappa shape index (κ1) is 5.73. The summed E-state index contributed by atoms with van der Waals surface area (Å²) in [6.07, 6.45) is 4.32. The van der Waals surface area contributed by atoms with E-state index in [1.165, 1.54) is 0 Å². The first-order valence-corrected chi connectivity index (χ1v) is 5.21. The van der Waals surface area contributed by atoms with E-state index in [0.29, 0.717) is 17.6 Å². The van der Waals surface area contributed by atoms with Gasteiger partial charge in [0.2, 0.25) is 0 Å². The van der Waals surface area contributed by atoms with Crippen LogP contribution < -0.4 is 5.56 Å². The van der Waals surface area contributed by atoms with Gasteiger partial charge in [-0.25, -0.2) is 0 Å². The van der Waals surface area contributed by atoms with Crippen LogP contribution in [0.25, 0.3) is 0 Å². The van der Waals surface area contributed by atoms with Crippen molar-refractivity contribution in [3.8, 4) is 0 Å². The minimum Gasteiger partial charge on any atom is -0.425 e. The van der Waals surface area contributed by atoms with Gasteiger partial charge in [0.05, 0.1) is 8.44 Å². The molecule has 0 unspecified atom stereocenters. The number of nitrogens with zero attached hydrogens (tertiary/aromatic N) is 1. The van der Waals surface area contributed by atoms with Gasteiger partial charge in [0.15, 0.2) is 0 Å². The number of aromatic nitrogens is 1. The lowest BCUT2D eigenvalue weighted by Gasteiger charge is -2.22. The number of hydrogen-bond donors (Lipinski definition) is 1. The third-order valence-corrected chi connectivity index (χ3v) is 2.90. The maximum absolute atomic E-state index is 11.8. The van der Waals surface area contributed by atoms with E-state index < -0.39 is 30.1 Å². The van der Waals surface area contributed by atoms with E-state index in [1.54, 1.807) is 0 Å². The van der Waals surface area contributed by atoms with Gasteiger partial charge >= 0.3 is 0 Å². The van der Waals surface area contributed by atoms with Gasteiger partial charge < -0.3 is 5.21 Å². The molecule has 1 aromatic rings. The molecule has 1 fully saturated rings. The highest BCUT2D eigenvalue weighted by atomic mass is 16.5. The zero-order chi connectivity index (χ0) is 15.1. The summed E-state index contributed by atoms with van der Waals surface area (Å²) in [5.41, 5.74) is -1.59. The van der Waals surface area contributed by atoms with Crippen LogP contribution >= 0.6 is 0 Å². The molecule has 0 amide bonds. The Balaban J connectivity index is 2.68. The number of hydrogen-bond acceptors (Lipinski definition) is 2. The van der Waals surface area contributed by atoms with Crippen LogP contribution in [-0.4, -0.2) is 9.94 Å². The topological polar surface area (TPSA) is 42.2 Å². The quantitative estimate of drug-likeness (QED) is 0.726. The highest BCUT2D eigenvalue weighted by Gasteiger charge is 2.19. The molecule has 0 saturated heterocycles. The van der Waals surface area contributed by atoms with Crippen LogP contribution in [-0.2, 0) is 0 Å². The highest BCUT2D eigenvalue weighted by molar-refractivity contribution is 5.19. The Hall–Kier alpha value is -1.25. The Bertz CT molecular complexity index is 573. The largest absolute Gasteiger partial charge is 0.425 e. The Morgan fingerprint density at radius 1 is 1.47 bits per heavy atom. The van der Waals surface area contributed by atoms with E-state index in [1.807, 2.05) is 0 Å². The predicted molar refractivity (Wildman–Crippen MR) is 58.4 cm³/mol. The minimum atomic E-state index is -2.70. The highest BCUT2D eigenvalue weighted by Crippen LogP contribution is 2.31. The lowest BCUT2D eigenvalue weighted by atomic mass is 9.86. The lowest BCUT2D eigenvalue weighted by Crippen LogP contribution is -2.23. The molecule has 1 aliphatic carbocycles. The fourth-order valence-electron chi connectivity index (χ4n) is 2.13. The van der Waals surface area contributed by atoms with Crippen LogP contribution in [0.4, 0.5) is 0 Å². The molecule has 1 saturated carbocycles. The Morgan fingerprint density at radius 2 is 2.20 bits per heavy atom. The lowest BCUT2D eigenvalue weighted by molar-refractivity contribution is 0.156. The molecule has 15 heavy (non-hydrogen) atoms. The van der Waals surface area contributed by atoms with Gasteiger partial charge in [-0.05, 0) is 31.3 Å². The van der Waals surface area contributed by atoms with Crippen molar-refractivity contribution in [3.63, 3.8) is 0 Å². The van der Waals surface area contributed by atoms with Gasteiger partial charge in [0.25, 0.3) is 5.56 Å². The van der Waals surface area contributed by atoms with Crippen LogP contribution in [0.5, 0.6) is 0 Å². The van der Waals surface area contributed by atoms with Crippen molar-refractivity contribution >= 4 is 0 Å². The molecule has 0 radical (unpaired) electrons. The normalized spacial score (nSPS) is 23.6. The second-order valence-electron chi connectivity index (χ2n) is 3.96. The average Bonchev–Trinajstić information content (AvgIpc) is 2.36. The minimum absolute atomic E-state index is 0.0387. The maximum Gasteiger partial charge on any atom is 0.283 e. The second kappa shape index (κ2) is 4.09. The van der Waals surface area contributed by atoms with Gasteiger partial charge in [0, 0.05) is 16.1 Å². The summed E-state index contributed by atoms with van der Waals surface area (Å²) in [6, 6.07) is -1.22. The fraction of sp³-hybridized carbons (Fsp3) is 0.583. The van der Waals surface area contributed by atoms with Crippen molar-refractivity contribution in [1.29, 1.82) is 0 Å². The first-order chi connectivity index (χ1) is 9.25. The molecule has 0 atom stereocenters. The molecular weight excluding hydrogens is 190 g/mol. The molecule has 1 N–H and O–H groups in total. The van der Waals surface area contributed by atoms with Gasteiger partial charge in [-0.15, -0.1) is 0 Å². The van der Waals surface area contributed by atoms with Crippen molar-refractivity contribution in [2.45, 2.75) is 44.9 Å². The maximum atomic E-state index is 11.8. The third-order valence-electron chi connectivity index (χ3n) is 2.90. The zero-order valence-electron chi connectivity index (χ0n) is 13.4. The average molecular weight is 212 g/mol. The molecule has 0 aliphatic heterocycles. The molecule has 3 heteroatoms. The molecular formula is C12H17NO2. The molecule has 0 bridgehead atoms. The smallest absolute Gasteiger partial charge is 0.283 e. The van der Waals surface area contributed by atoms with E-state index >= 15 is 0 Å². The summed E-state index contributed by atoms with van der Waals surface area (Å²) in [7, 11) is 0. The molecule has 0 aromatic carbocycles. The van der Waals surface area contributed by atoms with Crippen molar-refractivity contribution in [2.75, 3.05) is 0 Å². The van der Waals surface area contributed by atoms with Crippen LogP contribution in [0.3, 0.4) is 0 Å². The summed E-state index contributed by atoms with van der Waals surface area (Å²) in [5, 5.41) is 9.88. The van der Waals surface area contributed by atoms with Crippen LogP contribution in [0.15, 0.2) is 16.9 Å². The van der Waals surface area contributed by atoms with E-state index in [4.69, 9.17) is 6.85 Å². The molecule has 2 rings (SSSR count). The van der Waals surface area contributed by atoms with Gasteiger partial charge in [0.1, 0.15) is 0 Å². The first-order valence-electron chi connectivity index (χ1n) is 7.71. The van der Waals surface area contributed by atoms with E-state index in [9.17, 15) is 10.0 Å². The van der Waals surface area contributed by atoms with Crippen molar-refractivity contribution < 1.29 is 12.1 Å². The molecule has 3 nitrogen and oxygen atoms in total. The number of pyridine rings is 1. The Labute approximate surface area is 96.3 Å². The zero-order valence-corrected chi connectivity index (χ0v) is 8.42. The van der Waals surface area contributed by atoms with Crippen molar-refractivity contribution in [3.05, 3.63) is 33.7 Å². The summed E-state index contributed by atoms with van der Waals surface area (Å²) >= 11 is 0. The van der Waals surface area contributed by atoms with Gasteiger partial charge in [-0.3, -0.25) is 4.79 Å². The second-order valence-corrected chi connectivity index (χ2v) is 3.96. The van der Waals surface area contributed by atoms with Gasteiger partial charge in [-0.2, -0.15) is 4.73 Å². The van der Waals surface area contributed by atoms with Crippen molar-refractivity contribution in [1.82, 2.24) is 4.73 Å². The monoisotopic (exact) mass is 212 g/mol. The number of rotatable bonds is 1. The van der Waals surface area contributed by atoms with Crippen LogP contribution in [0.1, 0.15) is 56.1 Å². The summed E-state index contributed by atoms with van der Waals surface area (Å²) in [5.74, 6) is -0.198. The van der Waals surface area contributed by atoms with Crippen molar-refractivity contribution in [2.24, 2.45) is 0 Å². The van der Waals surface area contributed by atoms with E-state index in [-0.39, 0.29) is 11.6 Å². The molecule has 1 aromatic heterocycles. The van der Waals surface area contributed by atoms with E-state index in [0.717, 1.165) is 19.3 Å². The van der Waals surface area contributed by atoms with Crippen LogP contribution in [0, 0.1) is 6.85 Å². The summed E-state index contributed by atoms with van der Waals surface area (Å²) in [6.45, 7) is -2.70. The standard InChI is InChI=1S/C12H17NO2/c1-9-7-11(13(15)12(14)8-9)10-5-3-2-4-6-10/h7-8,10,15H,2-6H2,1H3/i1D3,7D,8D. The molecule has 82 valence electrons. The molecule has 0 spiro atoms. The summed E-state index contributed by atoms with van der Waals surface area (Å²) in [4.78, 5) is 11.8. The fourth-order valence-corrected chi connectivity index (χ4v) is 2.13. The summed E-state index contributed by atoms with van der Waals surface area (Å²) < 4.78 is 38.1. The van der Waals surface area contributed by atoms with E-state index in [2.05, 4.69) is 0 Å². The Kier molecular flexibility index (Phi) is 1.56. The Morgan fingerprint density at radius 3 is 2.87 bits per heavy atom. The SMILES string of the molecule is [2H]c1c(C([2H])([2H])[2H])c([2H])c(=O)n(O)c1C1CCCCC1. The van der Waals surface area contributed by atoms with Crippen LogP contribution in [0.2, 0.25) is 0 Å². The molecule has 1 heterocycles. The predicted octanol–water partition coefficient (Wildman–Crippen LogP) is 2.44. The third kappa shape index (κ3) is 2.06. The van der Waals surface area contributed by atoms with Gasteiger partial charge in [-0.1, -0.05) is 19.3 Å². The molecule has 1 aliphatic rings.